The highest BCUT2D eigenvalue weighted by Gasteiger charge is 2.38. The minimum absolute atomic E-state index is 0.0557. The second kappa shape index (κ2) is 33.1. The minimum Gasteiger partial charge on any atom is -0.466 e. The molecule has 278 valence electrons. The van der Waals surface area contributed by atoms with Gasteiger partial charge >= 0.3 is 25.5 Å². The highest BCUT2D eigenvalue weighted by atomic mass is 31.2. The van der Waals surface area contributed by atoms with Crippen molar-refractivity contribution in [1.29, 1.82) is 0 Å². The predicted octanol–water partition coefficient (Wildman–Crippen LogP) is 10.8. The van der Waals surface area contributed by atoms with Gasteiger partial charge in [0.2, 0.25) is 0 Å². The molecule has 1 atom stereocenters. The van der Waals surface area contributed by atoms with E-state index in [2.05, 4.69) is 23.6 Å². The van der Waals surface area contributed by atoms with Crippen LogP contribution in [0.3, 0.4) is 0 Å². The SMILES string of the molecule is CCCCCCCCCCCCCCCC(=O)OCCCC(C(=O)OOC(=O)CCCCCCCCCCCCCCC)P(=O)(O)O. The molecule has 0 aliphatic carbocycles. The quantitative estimate of drug-likeness (QED) is 0.0222. The molecule has 0 amide bonds. The van der Waals surface area contributed by atoms with Crippen molar-refractivity contribution in [3.8, 4) is 0 Å². The molecule has 0 saturated carbocycles. The lowest BCUT2D eigenvalue weighted by Gasteiger charge is -2.16. The lowest BCUT2D eigenvalue weighted by atomic mass is 10.0. The van der Waals surface area contributed by atoms with Crippen LogP contribution in [0.1, 0.15) is 206 Å². The fourth-order valence-electron chi connectivity index (χ4n) is 5.72. The summed E-state index contributed by atoms with van der Waals surface area (Å²) in [6, 6.07) is 0. The average molecular weight is 691 g/mol. The molecule has 0 aromatic heterocycles. The van der Waals surface area contributed by atoms with Gasteiger partial charge in [-0.25, -0.2) is 19.4 Å². The molecule has 0 saturated heterocycles. The number of carbonyl (C=O) groups excluding carboxylic acids is 3. The van der Waals surface area contributed by atoms with Crippen LogP contribution >= 0.6 is 7.60 Å². The molecule has 10 heteroatoms. The molecular weight excluding hydrogens is 619 g/mol. The van der Waals surface area contributed by atoms with E-state index in [0.29, 0.717) is 12.8 Å². The molecule has 0 aliphatic heterocycles. The summed E-state index contributed by atoms with van der Waals surface area (Å²) in [6.07, 6.45) is 31.3. The van der Waals surface area contributed by atoms with Gasteiger partial charge in [0.1, 0.15) is 0 Å². The summed E-state index contributed by atoms with van der Waals surface area (Å²) in [6.45, 7) is 4.41. The topological polar surface area (TPSA) is 136 Å². The van der Waals surface area contributed by atoms with Crippen LogP contribution in [0, 0.1) is 0 Å². The molecule has 9 nitrogen and oxygen atoms in total. The van der Waals surface area contributed by atoms with Gasteiger partial charge < -0.3 is 14.5 Å². The van der Waals surface area contributed by atoms with Gasteiger partial charge in [0.25, 0.3) is 0 Å². The van der Waals surface area contributed by atoms with E-state index in [4.69, 9.17) is 4.74 Å². The Hall–Kier alpha value is -1.44. The van der Waals surface area contributed by atoms with Gasteiger partial charge in [-0.3, -0.25) is 9.36 Å². The molecule has 47 heavy (non-hydrogen) atoms. The van der Waals surface area contributed by atoms with Crippen molar-refractivity contribution in [2.45, 2.75) is 212 Å². The highest BCUT2D eigenvalue weighted by molar-refractivity contribution is 7.53. The standard InChI is InChI=1S/C37H71O9P/c1-3-5-7-9-11-13-15-17-19-21-23-25-27-31-35(38)44-33-29-30-34(47(41,42)43)37(40)46-45-36(39)32-28-26-24-22-20-18-16-14-12-10-8-6-4-2/h34H,3-33H2,1-2H3,(H2,41,42,43). The first-order valence-corrected chi connectivity index (χ1v) is 21.0. The molecule has 0 rings (SSSR count). The molecule has 2 N–H and O–H groups in total. The molecule has 1 unspecified atom stereocenters. The fourth-order valence-corrected chi connectivity index (χ4v) is 6.55. The van der Waals surface area contributed by atoms with Gasteiger partial charge in [-0.1, -0.05) is 168 Å². The van der Waals surface area contributed by atoms with Crippen molar-refractivity contribution in [2.75, 3.05) is 6.61 Å². The third-order valence-corrected chi connectivity index (χ3v) is 10.0. The van der Waals surface area contributed by atoms with E-state index >= 15 is 0 Å². The first-order chi connectivity index (χ1) is 22.7. The Morgan fingerprint density at radius 2 is 0.830 bits per heavy atom. The monoisotopic (exact) mass is 690 g/mol. The number of carbonyl (C=O) groups is 3. The number of unbranched alkanes of at least 4 members (excludes halogenated alkanes) is 24. The number of rotatable bonds is 34. The number of ether oxygens (including phenoxy) is 1. The van der Waals surface area contributed by atoms with Crippen molar-refractivity contribution in [2.24, 2.45) is 0 Å². The van der Waals surface area contributed by atoms with E-state index in [1.807, 2.05) is 0 Å². The Labute approximate surface area is 287 Å². The van der Waals surface area contributed by atoms with Crippen LogP contribution in [0.2, 0.25) is 0 Å². The Kier molecular flexibility index (Phi) is 32.1. The van der Waals surface area contributed by atoms with E-state index < -0.39 is 25.2 Å². The van der Waals surface area contributed by atoms with Gasteiger partial charge in [-0.15, -0.1) is 0 Å². The van der Waals surface area contributed by atoms with Crippen LogP contribution in [0.15, 0.2) is 0 Å². The Morgan fingerprint density at radius 3 is 1.19 bits per heavy atom. The van der Waals surface area contributed by atoms with Crippen molar-refractivity contribution in [3.63, 3.8) is 0 Å². The van der Waals surface area contributed by atoms with Gasteiger partial charge in [0.15, 0.2) is 5.66 Å². The summed E-state index contributed by atoms with van der Waals surface area (Å²) in [5.74, 6) is -2.39. The molecule has 0 heterocycles. The summed E-state index contributed by atoms with van der Waals surface area (Å²) in [7, 11) is -4.86. The van der Waals surface area contributed by atoms with Gasteiger partial charge in [0.05, 0.1) is 13.0 Å². The highest BCUT2D eigenvalue weighted by Crippen LogP contribution is 2.44. The average Bonchev–Trinajstić information content (AvgIpc) is 3.03. The first-order valence-electron chi connectivity index (χ1n) is 19.3. The molecule has 0 spiro atoms. The molecule has 0 radical (unpaired) electrons. The van der Waals surface area contributed by atoms with Crippen LogP contribution in [0.5, 0.6) is 0 Å². The maximum Gasteiger partial charge on any atom is 0.370 e. The van der Waals surface area contributed by atoms with Crippen molar-refractivity contribution in [3.05, 3.63) is 0 Å². The summed E-state index contributed by atoms with van der Waals surface area (Å²) in [4.78, 5) is 64.4. The van der Waals surface area contributed by atoms with Crippen LogP contribution in [-0.2, 0) is 33.5 Å². The number of esters is 1. The smallest absolute Gasteiger partial charge is 0.370 e. The van der Waals surface area contributed by atoms with Crippen LogP contribution in [-0.4, -0.2) is 40.0 Å². The van der Waals surface area contributed by atoms with Crippen molar-refractivity contribution < 1.29 is 43.2 Å². The fraction of sp³-hybridized carbons (Fsp3) is 0.919. The van der Waals surface area contributed by atoms with Crippen LogP contribution in [0.4, 0.5) is 0 Å². The maximum atomic E-state index is 12.3. The third kappa shape index (κ3) is 31.6. The van der Waals surface area contributed by atoms with Crippen molar-refractivity contribution in [1.82, 2.24) is 0 Å². The summed E-state index contributed by atoms with van der Waals surface area (Å²) < 4.78 is 17.0. The molecule has 0 fully saturated rings. The van der Waals surface area contributed by atoms with E-state index in [1.165, 1.54) is 122 Å². The van der Waals surface area contributed by atoms with Crippen molar-refractivity contribution >= 4 is 25.5 Å². The lowest BCUT2D eigenvalue weighted by Crippen LogP contribution is -2.25. The zero-order valence-corrected chi connectivity index (χ0v) is 31.1. The van der Waals surface area contributed by atoms with Crippen LogP contribution < -0.4 is 0 Å². The normalized spacial score (nSPS) is 12.2. The van der Waals surface area contributed by atoms with Crippen LogP contribution in [0.25, 0.3) is 0 Å². The van der Waals surface area contributed by atoms with Gasteiger partial charge in [-0.05, 0) is 25.7 Å². The molecule has 0 aromatic carbocycles. The molecule has 0 aliphatic rings. The Bertz CT molecular complexity index is 799. The molecule has 0 bridgehead atoms. The van der Waals surface area contributed by atoms with E-state index in [1.54, 1.807) is 0 Å². The minimum atomic E-state index is -4.86. The number of hydrogen-bond donors (Lipinski definition) is 2. The first kappa shape index (κ1) is 45.6. The van der Waals surface area contributed by atoms with E-state index in [0.717, 1.165) is 38.5 Å². The predicted molar refractivity (Wildman–Crippen MR) is 189 cm³/mol. The maximum absolute atomic E-state index is 12.3. The zero-order valence-electron chi connectivity index (χ0n) is 30.2. The Morgan fingerprint density at radius 1 is 0.489 bits per heavy atom. The molecule has 0 aromatic rings. The number of hydrogen-bond acceptors (Lipinski definition) is 7. The van der Waals surface area contributed by atoms with Gasteiger partial charge in [0, 0.05) is 6.42 Å². The Balaban J connectivity index is 3.85. The zero-order chi connectivity index (χ0) is 34.9. The summed E-state index contributed by atoms with van der Waals surface area (Å²) >= 11 is 0. The second-order valence-corrected chi connectivity index (χ2v) is 15.1. The molecular formula is C37H71O9P. The lowest BCUT2D eigenvalue weighted by molar-refractivity contribution is -0.259. The van der Waals surface area contributed by atoms with Gasteiger partial charge in [-0.2, -0.15) is 0 Å². The summed E-state index contributed by atoms with van der Waals surface area (Å²) in [5.41, 5.74) is -1.79. The second-order valence-electron chi connectivity index (χ2n) is 13.3. The van der Waals surface area contributed by atoms with E-state index in [-0.39, 0.29) is 31.8 Å². The largest absolute Gasteiger partial charge is 0.466 e. The third-order valence-electron chi connectivity index (χ3n) is 8.75. The van der Waals surface area contributed by atoms with E-state index in [9.17, 15) is 28.7 Å². The summed E-state index contributed by atoms with van der Waals surface area (Å²) in [5, 5.41) is 0.